The van der Waals surface area contributed by atoms with Crippen LogP contribution in [0.1, 0.15) is 18.9 Å². The summed E-state index contributed by atoms with van der Waals surface area (Å²) in [5.41, 5.74) is 0.934. The van der Waals surface area contributed by atoms with Gasteiger partial charge in [-0.05, 0) is 37.6 Å². The van der Waals surface area contributed by atoms with Crippen LogP contribution in [0.25, 0.3) is 0 Å². The third-order valence-corrected chi connectivity index (χ3v) is 3.72. The zero-order valence-electron chi connectivity index (χ0n) is 13.5. The first kappa shape index (κ1) is 19.7. The van der Waals surface area contributed by atoms with E-state index in [4.69, 9.17) is 23.2 Å². The molecule has 0 aliphatic carbocycles. The smallest absolute Gasteiger partial charge is 0.234 e. The third kappa shape index (κ3) is 8.21. The van der Waals surface area contributed by atoms with Gasteiger partial charge in [-0.25, -0.2) is 0 Å². The summed E-state index contributed by atoms with van der Waals surface area (Å²) >= 11 is 11.9. The van der Waals surface area contributed by atoms with Crippen LogP contribution < -0.4 is 10.6 Å². The molecule has 5 nitrogen and oxygen atoms in total. The number of nitrogens with zero attached hydrogens (tertiary/aromatic N) is 1. The molecule has 7 heteroatoms. The van der Waals surface area contributed by atoms with E-state index in [1.807, 2.05) is 13.0 Å². The highest BCUT2D eigenvalue weighted by molar-refractivity contribution is 6.35. The summed E-state index contributed by atoms with van der Waals surface area (Å²) in [5.74, 6) is -0.198. The molecule has 1 aromatic carbocycles. The fourth-order valence-corrected chi connectivity index (χ4v) is 2.49. The lowest BCUT2D eigenvalue weighted by molar-refractivity contribution is -0.124. The molecule has 0 saturated heterocycles. The van der Waals surface area contributed by atoms with Gasteiger partial charge in [-0.3, -0.25) is 14.5 Å². The summed E-state index contributed by atoms with van der Waals surface area (Å²) in [6.45, 7) is 3.51. The first-order valence-electron chi connectivity index (χ1n) is 7.58. The van der Waals surface area contributed by atoms with Gasteiger partial charge in [0.15, 0.2) is 0 Å². The molecule has 128 valence electrons. The molecule has 0 fully saturated rings. The average Bonchev–Trinajstić information content (AvgIpc) is 2.47. The van der Waals surface area contributed by atoms with Gasteiger partial charge in [0.25, 0.3) is 0 Å². The molecule has 0 aromatic heterocycles. The molecular formula is C16H23Cl2N3O2. The summed E-state index contributed by atoms with van der Waals surface area (Å²) in [6.07, 6.45) is 1.52. The van der Waals surface area contributed by atoms with E-state index in [1.165, 1.54) is 0 Å². The van der Waals surface area contributed by atoms with E-state index < -0.39 is 0 Å². The minimum Gasteiger partial charge on any atom is -0.355 e. The Morgan fingerprint density at radius 1 is 1.09 bits per heavy atom. The van der Waals surface area contributed by atoms with Crippen LogP contribution in [0.2, 0.25) is 10.0 Å². The molecule has 2 amide bonds. The molecule has 2 N–H and O–H groups in total. The Hall–Kier alpha value is -1.30. The Labute approximate surface area is 147 Å². The molecule has 0 aliphatic heterocycles. The van der Waals surface area contributed by atoms with E-state index in [0.717, 1.165) is 12.0 Å². The van der Waals surface area contributed by atoms with Gasteiger partial charge in [0.1, 0.15) is 0 Å². The van der Waals surface area contributed by atoms with Crippen LogP contribution in [0.3, 0.4) is 0 Å². The lowest BCUT2D eigenvalue weighted by Crippen LogP contribution is -2.41. The van der Waals surface area contributed by atoms with E-state index >= 15 is 0 Å². The van der Waals surface area contributed by atoms with Crippen molar-refractivity contribution >= 4 is 35.0 Å². The lowest BCUT2D eigenvalue weighted by Gasteiger charge is -2.16. The number of amides is 2. The van der Waals surface area contributed by atoms with Gasteiger partial charge in [0.2, 0.25) is 11.8 Å². The first-order chi connectivity index (χ1) is 10.9. The molecule has 0 spiro atoms. The molecule has 0 unspecified atom stereocenters. The van der Waals surface area contributed by atoms with Gasteiger partial charge in [0, 0.05) is 23.1 Å². The highest BCUT2D eigenvalue weighted by Crippen LogP contribution is 2.20. The Kier molecular flexibility index (Phi) is 8.99. The Morgan fingerprint density at radius 3 is 2.26 bits per heavy atom. The molecule has 0 radical (unpaired) electrons. The van der Waals surface area contributed by atoms with E-state index in [-0.39, 0.29) is 24.9 Å². The van der Waals surface area contributed by atoms with Crippen LogP contribution in [0.5, 0.6) is 0 Å². The van der Waals surface area contributed by atoms with Crippen LogP contribution in [-0.2, 0) is 16.0 Å². The van der Waals surface area contributed by atoms with Crippen LogP contribution in [-0.4, -0.2) is 49.9 Å². The van der Waals surface area contributed by atoms with Crippen LogP contribution in [0.4, 0.5) is 0 Å². The summed E-state index contributed by atoms with van der Waals surface area (Å²) in [5, 5.41) is 6.77. The van der Waals surface area contributed by atoms with Gasteiger partial charge in [-0.1, -0.05) is 36.2 Å². The molecule has 0 aliphatic rings. The van der Waals surface area contributed by atoms with Crippen LogP contribution in [0.15, 0.2) is 18.2 Å². The van der Waals surface area contributed by atoms with Crippen LogP contribution >= 0.6 is 23.2 Å². The normalized spacial score (nSPS) is 10.7. The molecule has 1 aromatic rings. The number of halogens is 2. The maximum absolute atomic E-state index is 11.8. The van der Waals surface area contributed by atoms with Crippen molar-refractivity contribution in [1.82, 2.24) is 15.5 Å². The monoisotopic (exact) mass is 359 g/mol. The molecular weight excluding hydrogens is 337 g/mol. The fraction of sp³-hybridized carbons (Fsp3) is 0.500. The average molecular weight is 360 g/mol. The lowest BCUT2D eigenvalue weighted by atomic mass is 10.1. The Balaban J connectivity index is 2.27. The minimum absolute atomic E-state index is 0.0740. The van der Waals surface area contributed by atoms with E-state index in [9.17, 15) is 9.59 Å². The van der Waals surface area contributed by atoms with Gasteiger partial charge >= 0.3 is 0 Å². The van der Waals surface area contributed by atoms with Crippen molar-refractivity contribution in [2.24, 2.45) is 0 Å². The highest BCUT2D eigenvalue weighted by Gasteiger charge is 2.10. The summed E-state index contributed by atoms with van der Waals surface area (Å²) < 4.78 is 0. The predicted molar refractivity (Wildman–Crippen MR) is 94.0 cm³/mol. The summed E-state index contributed by atoms with van der Waals surface area (Å²) in [6, 6.07) is 5.30. The number of benzene rings is 1. The number of hydrogen-bond donors (Lipinski definition) is 2. The van der Waals surface area contributed by atoms with Crippen molar-refractivity contribution in [3.8, 4) is 0 Å². The second-order valence-electron chi connectivity index (χ2n) is 5.36. The number of hydrogen-bond acceptors (Lipinski definition) is 3. The molecule has 23 heavy (non-hydrogen) atoms. The molecule has 0 bridgehead atoms. The van der Waals surface area contributed by atoms with Crippen molar-refractivity contribution in [2.45, 2.75) is 19.8 Å². The van der Waals surface area contributed by atoms with Crippen LogP contribution in [0, 0.1) is 0 Å². The number of carbonyl (C=O) groups excluding carboxylic acids is 2. The van der Waals surface area contributed by atoms with Crippen molar-refractivity contribution in [1.29, 1.82) is 0 Å². The van der Waals surface area contributed by atoms with Crippen molar-refractivity contribution in [3.63, 3.8) is 0 Å². The third-order valence-electron chi connectivity index (χ3n) is 3.13. The van der Waals surface area contributed by atoms with Crippen molar-refractivity contribution < 1.29 is 9.59 Å². The topological polar surface area (TPSA) is 61.4 Å². The highest BCUT2D eigenvalue weighted by atomic mass is 35.5. The Morgan fingerprint density at radius 2 is 1.70 bits per heavy atom. The zero-order valence-corrected chi connectivity index (χ0v) is 15.0. The number of rotatable bonds is 9. The standard InChI is InChI=1S/C16H23Cl2N3O2/c1-3-7-19-15(22)10-21(2)11-16(23)20-8-6-12-4-5-13(17)9-14(12)18/h4-5,9H,3,6-8,10-11H2,1-2H3,(H,19,22)(H,20,23). The maximum atomic E-state index is 11.8. The second kappa shape index (κ2) is 10.5. The van der Waals surface area contributed by atoms with Gasteiger partial charge in [0.05, 0.1) is 13.1 Å². The molecule has 1 rings (SSSR count). The number of nitrogens with one attached hydrogen (secondary N) is 2. The largest absolute Gasteiger partial charge is 0.355 e. The molecule has 0 heterocycles. The second-order valence-corrected chi connectivity index (χ2v) is 6.20. The van der Waals surface area contributed by atoms with Gasteiger partial charge in [-0.2, -0.15) is 0 Å². The fourth-order valence-electron chi connectivity index (χ4n) is 1.98. The van der Waals surface area contributed by atoms with E-state index in [2.05, 4.69) is 10.6 Å². The summed E-state index contributed by atoms with van der Waals surface area (Å²) in [4.78, 5) is 25.1. The first-order valence-corrected chi connectivity index (χ1v) is 8.33. The van der Waals surface area contributed by atoms with E-state index in [0.29, 0.717) is 29.6 Å². The SMILES string of the molecule is CCCNC(=O)CN(C)CC(=O)NCCc1ccc(Cl)cc1Cl. The van der Waals surface area contributed by atoms with Crippen molar-refractivity contribution in [2.75, 3.05) is 33.2 Å². The number of carbonyl (C=O) groups is 2. The van der Waals surface area contributed by atoms with Crippen molar-refractivity contribution in [3.05, 3.63) is 33.8 Å². The molecule has 0 saturated carbocycles. The molecule has 0 atom stereocenters. The van der Waals surface area contributed by atoms with Gasteiger partial charge in [-0.15, -0.1) is 0 Å². The van der Waals surface area contributed by atoms with Gasteiger partial charge < -0.3 is 10.6 Å². The minimum atomic E-state index is -0.124. The quantitative estimate of drug-likeness (QED) is 0.709. The predicted octanol–water partition coefficient (Wildman–Crippen LogP) is 2.11. The number of likely N-dealkylation sites (N-methyl/N-ethyl adjacent to an activating group) is 1. The summed E-state index contributed by atoms with van der Waals surface area (Å²) in [7, 11) is 1.74. The maximum Gasteiger partial charge on any atom is 0.234 e. The zero-order chi connectivity index (χ0) is 17.2. The van der Waals surface area contributed by atoms with E-state index in [1.54, 1.807) is 24.1 Å². The Bertz CT molecular complexity index is 538.